The number of fused-ring (bicyclic) bond motifs is 3. The molecule has 0 aromatic heterocycles. The summed E-state index contributed by atoms with van der Waals surface area (Å²) in [4.78, 5) is 40.4. The molecular formula is C57H92ClF2N9O6. The molecule has 9 rings (SSSR count). The number of nitriles is 3. The Balaban J connectivity index is 0.000000171. The van der Waals surface area contributed by atoms with Gasteiger partial charge in [-0.25, -0.2) is 8.78 Å². The summed E-state index contributed by atoms with van der Waals surface area (Å²) in [7, 11) is 0. The topological polar surface area (TPSA) is 210 Å². The van der Waals surface area contributed by atoms with Gasteiger partial charge in [-0.1, -0.05) is 20.8 Å². The van der Waals surface area contributed by atoms with Gasteiger partial charge in [-0.2, -0.15) is 15.8 Å². The first kappa shape index (κ1) is 61.0. The number of nitrogens with two attached hydrogens (primary N) is 1. The maximum atomic E-state index is 13.5. The molecule has 75 heavy (non-hydrogen) atoms. The van der Waals surface area contributed by atoms with Crippen LogP contribution in [0, 0.1) is 74.4 Å². The van der Waals surface area contributed by atoms with Gasteiger partial charge in [0, 0.05) is 55.8 Å². The zero-order valence-corrected chi connectivity index (χ0v) is 47.6. The first-order valence-corrected chi connectivity index (χ1v) is 28.9. The number of carbonyl (C=O) groups excluding carboxylic acids is 3. The SMILES string of the molecule is CCOC1C[C@@H]2CC(C)(N)C[C@@H]2C1.CCO[C@H]1C[C@H]2C[C@](C)(NCC(=O)N3C[C@@H](C)C[C@H]3C#N)C[C@@]2(C)C1.CCO[C@H]1C[C@H]2C[C@](C)(NCC(=O)N3C[C@@H](F)C[C@H]3C#N)C[C@@]2(C)C1.N#C[C@@H]1C[C@H](F)CN1C(=O)CCl. The fourth-order valence-corrected chi connectivity index (χ4v) is 16.0. The summed E-state index contributed by atoms with van der Waals surface area (Å²) in [5, 5.41) is 33.9. The molecule has 3 heterocycles. The van der Waals surface area contributed by atoms with E-state index in [1.54, 1.807) is 4.90 Å². The van der Waals surface area contributed by atoms with Crippen molar-refractivity contribution in [1.29, 1.82) is 15.8 Å². The van der Waals surface area contributed by atoms with E-state index >= 15 is 0 Å². The van der Waals surface area contributed by atoms with Crippen molar-refractivity contribution in [2.75, 3.05) is 58.4 Å². The minimum Gasteiger partial charge on any atom is -0.378 e. The van der Waals surface area contributed by atoms with Crippen molar-refractivity contribution < 1.29 is 37.4 Å². The average molecular weight is 1070 g/mol. The zero-order valence-electron chi connectivity index (χ0n) is 46.8. The lowest BCUT2D eigenvalue weighted by atomic mass is 9.82. The van der Waals surface area contributed by atoms with Gasteiger partial charge < -0.3 is 45.3 Å². The molecule has 0 aromatic rings. The molecule has 0 spiro atoms. The first-order chi connectivity index (χ1) is 35.4. The Kier molecular flexibility index (Phi) is 20.9. The van der Waals surface area contributed by atoms with Crippen LogP contribution in [0.3, 0.4) is 0 Å². The predicted molar refractivity (Wildman–Crippen MR) is 284 cm³/mol. The molecule has 15 nitrogen and oxygen atoms in total. The number of halogens is 3. The Morgan fingerprint density at radius 3 is 1.36 bits per heavy atom. The van der Waals surface area contributed by atoms with Gasteiger partial charge in [0.1, 0.15) is 36.3 Å². The summed E-state index contributed by atoms with van der Waals surface area (Å²) >= 11 is 5.28. The lowest BCUT2D eigenvalue weighted by Gasteiger charge is -2.31. The molecule has 4 N–H and O–H groups in total. The molecule has 3 aliphatic heterocycles. The second-order valence-corrected chi connectivity index (χ2v) is 25.9. The minimum absolute atomic E-state index is 0.00375. The third kappa shape index (κ3) is 15.3. The molecule has 6 aliphatic carbocycles. The van der Waals surface area contributed by atoms with E-state index in [1.807, 2.05) is 19.1 Å². The Bertz CT molecular complexity index is 1980. The van der Waals surface area contributed by atoms with Crippen molar-refractivity contribution in [2.24, 2.45) is 46.2 Å². The Morgan fingerprint density at radius 2 is 0.973 bits per heavy atom. The number of nitrogens with one attached hydrogen (secondary N) is 2. The number of nitrogens with zero attached hydrogens (tertiary/aromatic N) is 6. The normalized spacial score (nSPS) is 42.0. The fraction of sp³-hybridized carbons (Fsp3) is 0.895. The number of hydrogen-bond donors (Lipinski definition) is 3. The number of carbonyl (C=O) groups is 3. The second-order valence-electron chi connectivity index (χ2n) is 25.7. The Hall–Kier alpha value is -3.21. The number of hydrogen-bond acceptors (Lipinski definition) is 12. The lowest BCUT2D eigenvalue weighted by Crippen LogP contribution is -2.48. The smallest absolute Gasteiger partial charge is 0.238 e. The van der Waals surface area contributed by atoms with Gasteiger partial charge in [0.15, 0.2) is 0 Å². The van der Waals surface area contributed by atoms with Gasteiger partial charge in [-0.3, -0.25) is 14.4 Å². The maximum absolute atomic E-state index is 13.5. The highest BCUT2D eigenvalue weighted by Gasteiger charge is 2.56. The van der Waals surface area contributed by atoms with Crippen LogP contribution in [0.2, 0.25) is 0 Å². The van der Waals surface area contributed by atoms with Crippen LogP contribution in [0.25, 0.3) is 0 Å². The monoisotopic (exact) mass is 1070 g/mol. The standard InChI is InChI=1S/C20H33N3O2.C19H30FN3O2.C11H21NO.C7H8ClFN2O/c1-5-25-17-7-15-8-20(4,13-19(15,3)9-17)22-11-18(24)23-12-14(2)6-16(23)10-21;1-4-25-16-5-13-7-19(3,12-18(13,2)8-16)22-10-17(24)23-11-14(20)6-15(23)9-21;1-3-13-10-4-8-6-11(2,12)7-9(8)5-10;8-2-7(12)11-4-5(9)1-6(11)3-10/h14-17,22H,5-9,11-13H2,1-4H3;13-16,22H,4-8,10-12H2,1-3H3;8-10H,3-7,12H2,1-2H3;5-6H,1-2,4H2/t14-,15-,16-,17-,19+,20-;13-,14-,15-,16-,18+,19-;8-,9+,10?,11?;5-,6-/m00.0/s1. The van der Waals surface area contributed by atoms with E-state index in [2.05, 4.69) is 72.1 Å². The highest BCUT2D eigenvalue weighted by molar-refractivity contribution is 6.27. The maximum Gasteiger partial charge on any atom is 0.238 e. The highest BCUT2D eigenvalue weighted by Crippen LogP contribution is 2.59. The van der Waals surface area contributed by atoms with Crippen molar-refractivity contribution >= 4 is 29.3 Å². The molecule has 2 unspecified atom stereocenters. The molecule has 6 saturated carbocycles. The van der Waals surface area contributed by atoms with Gasteiger partial charge >= 0.3 is 0 Å². The lowest BCUT2D eigenvalue weighted by molar-refractivity contribution is -0.131. The number of alkyl halides is 3. The molecule has 3 saturated heterocycles. The number of amides is 3. The van der Waals surface area contributed by atoms with Gasteiger partial charge in [0.05, 0.1) is 62.7 Å². The van der Waals surface area contributed by atoms with E-state index in [4.69, 9.17) is 42.1 Å². The average Bonchev–Trinajstić information content (AvgIpc) is 4.24. The summed E-state index contributed by atoms with van der Waals surface area (Å²) in [5.74, 6) is 2.77. The van der Waals surface area contributed by atoms with Crippen LogP contribution < -0.4 is 16.4 Å². The Labute approximate surface area is 452 Å². The van der Waals surface area contributed by atoms with Gasteiger partial charge in [0.2, 0.25) is 17.7 Å². The van der Waals surface area contributed by atoms with Crippen LogP contribution in [-0.2, 0) is 28.6 Å². The molecule has 9 fully saturated rings. The third-order valence-corrected chi connectivity index (χ3v) is 19.0. The highest BCUT2D eigenvalue weighted by atomic mass is 35.5. The molecule has 0 aromatic carbocycles. The van der Waals surface area contributed by atoms with Crippen molar-refractivity contribution in [2.45, 2.75) is 224 Å². The number of rotatable bonds is 13. The minimum atomic E-state index is -1.08. The summed E-state index contributed by atoms with van der Waals surface area (Å²) in [6, 6.07) is 4.69. The summed E-state index contributed by atoms with van der Waals surface area (Å²) in [6.07, 6.45) is 13.9. The summed E-state index contributed by atoms with van der Waals surface area (Å²) < 4.78 is 43.6. The van der Waals surface area contributed by atoms with Gasteiger partial charge in [0.25, 0.3) is 0 Å². The van der Waals surface area contributed by atoms with Crippen LogP contribution >= 0.6 is 11.6 Å². The number of likely N-dealkylation sites (tertiary alicyclic amines) is 3. The van der Waals surface area contributed by atoms with Crippen LogP contribution in [0.4, 0.5) is 8.78 Å². The first-order valence-electron chi connectivity index (χ1n) is 28.4. The Morgan fingerprint density at radius 1 is 0.587 bits per heavy atom. The van der Waals surface area contributed by atoms with Gasteiger partial charge in [-0.15, -0.1) is 11.6 Å². The molecular weight excluding hydrogens is 980 g/mol. The molecule has 9 aliphatic rings. The van der Waals surface area contributed by atoms with E-state index in [1.165, 1.54) is 35.5 Å². The van der Waals surface area contributed by atoms with E-state index in [-0.39, 0.29) is 84.2 Å². The van der Waals surface area contributed by atoms with Crippen molar-refractivity contribution in [3.05, 3.63) is 0 Å². The van der Waals surface area contributed by atoms with Crippen LogP contribution in [0.15, 0.2) is 0 Å². The quantitative estimate of drug-likeness (QED) is 0.151. The van der Waals surface area contributed by atoms with Crippen molar-refractivity contribution in [1.82, 2.24) is 25.3 Å². The predicted octanol–water partition coefficient (Wildman–Crippen LogP) is 7.74. The molecule has 0 radical (unpaired) electrons. The van der Waals surface area contributed by atoms with Gasteiger partial charge in [-0.05, 0) is 165 Å². The van der Waals surface area contributed by atoms with E-state index < -0.39 is 24.4 Å². The van der Waals surface area contributed by atoms with E-state index in [0.717, 1.165) is 89.4 Å². The van der Waals surface area contributed by atoms with Crippen LogP contribution in [0.5, 0.6) is 0 Å². The fourth-order valence-electron chi connectivity index (χ4n) is 15.8. The van der Waals surface area contributed by atoms with E-state index in [9.17, 15) is 28.4 Å². The third-order valence-electron chi connectivity index (χ3n) is 18.8. The molecule has 422 valence electrons. The molecule has 3 amide bonds. The van der Waals surface area contributed by atoms with Crippen molar-refractivity contribution in [3.63, 3.8) is 0 Å². The zero-order chi connectivity index (χ0) is 55.1. The molecule has 18 heteroatoms. The van der Waals surface area contributed by atoms with E-state index in [0.29, 0.717) is 54.6 Å². The summed E-state index contributed by atoms with van der Waals surface area (Å²) in [6.45, 7) is 23.4. The summed E-state index contributed by atoms with van der Waals surface area (Å²) in [5.41, 5.74) is 6.78. The molecule has 0 bridgehead atoms. The number of ether oxygens (including phenoxy) is 3. The molecule has 18 atom stereocenters. The second kappa shape index (κ2) is 25.7. The van der Waals surface area contributed by atoms with Crippen molar-refractivity contribution in [3.8, 4) is 18.2 Å². The largest absolute Gasteiger partial charge is 0.378 e. The van der Waals surface area contributed by atoms with Crippen LogP contribution in [-0.4, -0.2) is 156 Å². The van der Waals surface area contributed by atoms with Crippen LogP contribution in [0.1, 0.15) is 159 Å².